The summed E-state index contributed by atoms with van der Waals surface area (Å²) in [7, 11) is 0. The third-order valence-electron chi connectivity index (χ3n) is 5.47. The molecule has 2 heterocycles. The van der Waals surface area contributed by atoms with Gasteiger partial charge in [-0.2, -0.15) is 0 Å². The van der Waals surface area contributed by atoms with Crippen molar-refractivity contribution in [3.8, 4) is 16.5 Å². The van der Waals surface area contributed by atoms with Gasteiger partial charge in [0, 0.05) is 11.1 Å². The van der Waals surface area contributed by atoms with Crippen molar-refractivity contribution < 1.29 is 23.4 Å². The molecular weight excluding hydrogens is 450 g/mol. The number of fused-ring (bicyclic) bond motifs is 1. The molecule has 0 aliphatic carbocycles. The summed E-state index contributed by atoms with van der Waals surface area (Å²) >= 11 is 1.68. The van der Waals surface area contributed by atoms with Crippen LogP contribution in [0.3, 0.4) is 0 Å². The Kier molecular flexibility index (Phi) is 7.98. The van der Waals surface area contributed by atoms with Crippen molar-refractivity contribution in [3.05, 3.63) is 71.6 Å². The molecule has 4 rings (SSSR count). The first-order valence-electron chi connectivity index (χ1n) is 11.5. The molecule has 1 unspecified atom stereocenters. The summed E-state index contributed by atoms with van der Waals surface area (Å²) in [6.07, 6.45) is 0.800. The van der Waals surface area contributed by atoms with Crippen molar-refractivity contribution in [1.29, 1.82) is 0 Å². The number of esters is 1. The van der Waals surface area contributed by atoms with Gasteiger partial charge in [0.2, 0.25) is 5.89 Å². The summed E-state index contributed by atoms with van der Waals surface area (Å²) in [6, 6.07) is 18.2. The first kappa shape index (κ1) is 24.0. The van der Waals surface area contributed by atoms with Gasteiger partial charge in [-0.1, -0.05) is 30.3 Å². The molecule has 2 aromatic heterocycles. The Morgan fingerprint density at radius 2 is 1.91 bits per heavy atom. The van der Waals surface area contributed by atoms with E-state index in [-0.39, 0.29) is 18.5 Å². The normalized spacial score (nSPS) is 12.1. The van der Waals surface area contributed by atoms with E-state index >= 15 is 0 Å². The Morgan fingerprint density at radius 3 is 2.68 bits per heavy atom. The molecule has 0 spiro atoms. The predicted octanol–water partition coefficient (Wildman–Crippen LogP) is 6.52. The maximum Gasteiger partial charge on any atom is 0.308 e. The minimum atomic E-state index is -0.239. The van der Waals surface area contributed by atoms with Crippen LogP contribution in [-0.2, 0) is 20.7 Å². The molecule has 0 amide bonds. The molecule has 0 saturated heterocycles. The minimum absolute atomic E-state index is 0.117. The zero-order chi connectivity index (χ0) is 23.9. The summed E-state index contributed by atoms with van der Waals surface area (Å²) < 4.78 is 23.7. The third kappa shape index (κ3) is 6.04. The van der Waals surface area contributed by atoms with Crippen LogP contribution in [0.15, 0.2) is 59.0 Å². The molecule has 7 heteroatoms. The molecule has 0 saturated carbocycles. The highest BCUT2D eigenvalue weighted by molar-refractivity contribution is 7.22. The van der Waals surface area contributed by atoms with E-state index in [2.05, 4.69) is 18.2 Å². The van der Waals surface area contributed by atoms with Gasteiger partial charge in [-0.25, -0.2) is 4.98 Å². The maximum absolute atomic E-state index is 11.4. The molecule has 0 N–H and O–H groups in total. The summed E-state index contributed by atoms with van der Waals surface area (Å²) in [5, 5.41) is 1.20. The molecule has 4 aromatic rings. The number of aromatic nitrogens is 1. The first-order chi connectivity index (χ1) is 16.5. The number of ether oxygens (including phenoxy) is 3. The van der Waals surface area contributed by atoms with E-state index in [1.165, 1.54) is 10.1 Å². The highest BCUT2D eigenvalue weighted by atomic mass is 32.1. The number of hydrogen-bond acceptors (Lipinski definition) is 7. The Morgan fingerprint density at radius 1 is 1.12 bits per heavy atom. The number of thiophene rings is 1. The highest BCUT2D eigenvalue weighted by Gasteiger charge is 2.14. The summed E-state index contributed by atoms with van der Waals surface area (Å²) in [4.78, 5) is 17.2. The van der Waals surface area contributed by atoms with E-state index in [1.54, 1.807) is 18.3 Å². The zero-order valence-corrected chi connectivity index (χ0v) is 20.5. The molecule has 0 aliphatic heterocycles. The van der Waals surface area contributed by atoms with Gasteiger partial charge in [0.25, 0.3) is 0 Å². The van der Waals surface area contributed by atoms with Gasteiger partial charge in [0.05, 0.1) is 42.9 Å². The van der Waals surface area contributed by atoms with Crippen molar-refractivity contribution in [1.82, 2.24) is 4.98 Å². The molecule has 1 atom stereocenters. The lowest BCUT2D eigenvalue weighted by Gasteiger charge is -2.14. The molecular formula is C27H29NO5S. The van der Waals surface area contributed by atoms with Gasteiger partial charge in [-0.05, 0) is 56.0 Å². The largest absolute Gasteiger partial charge is 0.493 e. The SMILES string of the molecule is CCOC(=O)CCOC(C)c1ccc(OCCc2nc(-c3cc4ccccc4s3)oc2C)cc1. The van der Waals surface area contributed by atoms with E-state index < -0.39 is 0 Å². The standard InChI is InChI=1S/C27H29NO5S/c1-4-30-26(29)14-16-31-18(2)20-9-11-22(12-10-20)32-15-13-23-19(3)33-27(28-23)25-17-21-7-5-6-8-24(21)34-25/h5-12,17-18H,4,13-16H2,1-3H3. The zero-order valence-electron chi connectivity index (χ0n) is 19.7. The summed E-state index contributed by atoms with van der Waals surface area (Å²) in [6.45, 7) is 6.92. The average Bonchev–Trinajstić information content (AvgIpc) is 3.43. The van der Waals surface area contributed by atoms with Gasteiger partial charge >= 0.3 is 5.97 Å². The minimum Gasteiger partial charge on any atom is -0.493 e. The number of nitrogens with zero attached hydrogens (tertiary/aromatic N) is 1. The lowest BCUT2D eigenvalue weighted by molar-refractivity contribution is -0.144. The van der Waals surface area contributed by atoms with Crippen LogP contribution < -0.4 is 4.74 Å². The average molecular weight is 480 g/mol. The molecule has 0 bridgehead atoms. The van der Waals surface area contributed by atoms with E-state index in [9.17, 15) is 4.79 Å². The van der Waals surface area contributed by atoms with Crippen LogP contribution in [0.25, 0.3) is 20.9 Å². The smallest absolute Gasteiger partial charge is 0.308 e. The van der Waals surface area contributed by atoms with Crippen molar-refractivity contribution >= 4 is 27.4 Å². The highest BCUT2D eigenvalue weighted by Crippen LogP contribution is 2.33. The van der Waals surface area contributed by atoms with Crippen molar-refractivity contribution in [3.63, 3.8) is 0 Å². The van der Waals surface area contributed by atoms with Crippen LogP contribution in [0.4, 0.5) is 0 Å². The second-order valence-electron chi connectivity index (χ2n) is 7.91. The van der Waals surface area contributed by atoms with E-state index in [0.717, 1.165) is 27.6 Å². The third-order valence-corrected chi connectivity index (χ3v) is 6.57. The summed E-state index contributed by atoms with van der Waals surface area (Å²) in [5.41, 5.74) is 1.93. The topological polar surface area (TPSA) is 70.8 Å². The van der Waals surface area contributed by atoms with Gasteiger partial charge in [-0.15, -0.1) is 11.3 Å². The lowest BCUT2D eigenvalue weighted by atomic mass is 10.1. The number of oxazole rings is 1. The Hall–Kier alpha value is -3.16. The molecule has 0 aliphatic rings. The van der Waals surface area contributed by atoms with Crippen LogP contribution in [0.1, 0.15) is 43.4 Å². The van der Waals surface area contributed by atoms with Crippen molar-refractivity contribution in [2.24, 2.45) is 0 Å². The Labute approximate surface area is 203 Å². The van der Waals surface area contributed by atoms with E-state index in [0.29, 0.717) is 32.1 Å². The number of rotatable bonds is 11. The van der Waals surface area contributed by atoms with E-state index in [4.69, 9.17) is 23.6 Å². The van der Waals surface area contributed by atoms with Crippen LogP contribution in [-0.4, -0.2) is 30.8 Å². The monoisotopic (exact) mass is 479 g/mol. The maximum atomic E-state index is 11.4. The first-order valence-corrected chi connectivity index (χ1v) is 12.3. The van der Waals surface area contributed by atoms with Crippen molar-refractivity contribution in [2.75, 3.05) is 19.8 Å². The molecule has 0 fully saturated rings. The fourth-order valence-corrected chi connectivity index (χ4v) is 4.59. The fourth-order valence-electron chi connectivity index (χ4n) is 3.60. The van der Waals surface area contributed by atoms with Crippen molar-refractivity contribution in [2.45, 2.75) is 39.7 Å². The van der Waals surface area contributed by atoms with E-state index in [1.807, 2.05) is 50.2 Å². The van der Waals surface area contributed by atoms with Crippen LogP contribution in [0.5, 0.6) is 5.75 Å². The molecule has 2 aromatic carbocycles. The second kappa shape index (κ2) is 11.3. The van der Waals surface area contributed by atoms with Gasteiger partial charge < -0.3 is 18.6 Å². The molecule has 0 radical (unpaired) electrons. The van der Waals surface area contributed by atoms with Crippen LogP contribution in [0, 0.1) is 6.92 Å². The number of carbonyl (C=O) groups excluding carboxylic acids is 1. The predicted molar refractivity (Wildman–Crippen MR) is 133 cm³/mol. The quantitative estimate of drug-likeness (QED) is 0.228. The van der Waals surface area contributed by atoms with Gasteiger partial charge in [-0.3, -0.25) is 4.79 Å². The second-order valence-corrected chi connectivity index (χ2v) is 8.99. The van der Waals surface area contributed by atoms with Crippen LogP contribution >= 0.6 is 11.3 Å². The molecule has 6 nitrogen and oxygen atoms in total. The van der Waals surface area contributed by atoms with Crippen LogP contribution in [0.2, 0.25) is 0 Å². The number of carbonyl (C=O) groups is 1. The Balaban J connectivity index is 1.27. The van der Waals surface area contributed by atoms with Gasteiger partial charge in [0.1, 0.15) is 11.5 Å². The molecule has 34 heavy (non-hydrogen) atoms. The number of aryl methyl sites for hydroxylation is 1. The Bertz CT molecular complexity index is 1190. The molecule has 178 valence electrons. The fraction of sp³-hybridized carbons (Fsp3) is 0.333. The van der Waals surface area contributed by atoms with Gasteiger partial charge in [0.15, 0.2) is 0 Å². The lowest BCUT2D eigenvalue weighted by Crippen LogP contribution is -2.10. The number of hydrogen-bond donors (Lipinski definition) is 0. The summed E-state index contributed by atoms with van der Waals surface area (Å²) in [5.74, 6) is 2.03. The number of benzene rings is 2.